The number of likely N-dealkylation sites (tertiary alicyclic amines) is 1. The number of carbonyl (C=O) groups is 1. The number of piperidine rings is 1. The number of pyridine rings is 1. The molecule has 1 atom stereocenters. The van der Waals surface area contributed by atoms with Gasteiger partial charge < -0.3 is 10.1 Å². The largest absolute Gasteiger partial charge is 0.467 e. The van der Waals surface area contributed by atoms with E-state index < -0.39 is 18.7 Å². The average Bonchev–Trinajstić information content (AvgIpc) is 2.64. The fraction of sp³-hybridized carbons (Fsp3) is 0.684. The van der Waals surface area contributed by atoms with Crippen LogP contribution in [0.15, 0.2) is 18.3 Å². The standard InChI is InChI=1S/C19H28F3N3O2/c1-4-14-7-6-10-25(11-14)18(2,3)12-24-16(26)15-8-5-9-23-17(15)27-13-19(20,21)22/h5,8-9,14H,4,6-7,10-13H2,1-3H3,(H,24,26). The third-order valence-corrected chi connectivity index (χ3v) is 5.02. The number of rotatable bonds is 7. The molecule has 0 aromatic carbocycles. The normalized spacial score (nSPS) is 19.0. The van der Waals surface area contributed by atoms with Crippen LogP contribution in [0.3, 0.4) is 0 Å². The third-order valence-electron chi connectivity index (χ3n) is 5.02. The van der Waals surface area contributed by atoms with Gasteiger partial charge >= 0.3 is 6.18 Å². The maximum atomic E-state index is 12.5. The predicted octanol–water partition coefficient (Wildman–Crippen LogP) is 3.65. The zero-order chi connectivity index (χ0) is 20.1. The summed E-state index contributed by atoms with van der Waals surface area (Å²) in [4.78, 5) is 18.6. The molecule has 0 bridgehead atoms. The van der Waals surface area contributed by atoms with Gasteiger partial charge in [-0.1, -0.05) is 13.3 Å². The predicted molar refractivity (Wildman–Crippen MR) is 96.8 cm³/mol. The van der Waals surface area contributed by atoms with Crippen LogP contribution in [0.5, 0.6) is 5.88 Å². The Kier molecular flexibility index (Phi) is 7.08. The minimum Gasteiger partial charge on any atom is -0.467 e. The van der Waals surface area contributed by atoms with Crippen LogP contribution in [0, 0.1) is 5.92 Å². The molecule has 1 unspecified atom stereocenters. The minimum absolute atomic E-state index is 0.00243. The van der Waals surface area contributed by atoms with Gasteiger partial charge in [-0.15, -0.1) is 0 Å². The molecule has 8 heteroatoms. The monoisotopic (exact) mass is 387 g/mol. The number of ether oxygens (including phenoxy) is 1. The summed E-state index contributed by atoms with van der Waals surface area (Å²) in [5, 5.41) is 2.83. The number of alkyl halides is 3. The molecule has 1 aromatic heterocycles. The molecule has 1 aliphatic heterocycles. The van der Waals surface area contributed by atoms with E-state index in [9.17, 15) is 18.0 Å². The van der Waals surface area contributed by atoms with E-state index in [-0.39, 0.29) is 17.0 Å². The van der Waals surface area contributed by atoms with Crippen LogP contribution in [0.25, 0.3) is 0 Å². The molecular weight excluding hydrogens is 359 g/mol. The van der Waals surface area contributed by atoms with Crippen LogP contribution in [0.2, 0.25) is 0 Å². The molecule has 0 aliphatic carbocycles. The molecule has 1 aliphatic rings. The van der Waals surface area contributed by atoms with Gasteiger partial charge in [-0.3, -0.25) is 9.69 Å². The Morgan fingerprint density at radius 1 is 1.41 bits per heavy atom. The lowest BCUT2D eigenvalue weighted by atomic mass is 9.91. The van der Waals surface area contributed by atoms with E-state index in [1.807, 2.05) is 0 Å². The van der Waals surface area contributed by atoms with Crippen molar-refractivity contribution in [2.75, 3.05) is 26.2 Å². The third kappa shape index (κ3) is 6.37. The molecular formula is C19H28F3N3O2. The van der Waals surface area contributed by atoms with E-state index in [1.165, 1.54) is 24.8 Å². The second kappa shape index (κ2) is 8.91. The SMILES string of the molecule is CCC1CCCN(C(C)(C)CNC(=O)c2cccnc2OCC(F)(F)F)C1. The molecule has 1 N–H and O–H groups in total. The molecule has 2 rings (SSSR count). The van der Waals surface area contributed by atoms with E-state index in [0.29, 0.717) is 12.5 Å². The van der Waals surface area contributed by atoms with Gasteiger partial charge in [0.25, 0.3) is 5.91 Å². The van der Waals surface area contributed by atoms with Crippen LogP contribution in [0.4, 0.5) is 13.2 Å². The van der Waals surface area contributed by atoms with Crippen LogP contribution >= 0.6 is 0 Å². The first-order valence-electron chi connectivity index (χ1n) is 9.30. The van der Waals surface area contributed by atoms with E-state index in [0.717, 1.165) is 25.9 Å². The zero-order valence-corrected chi connectivity index (χ0v) is 16.1. The van der Waals surface area contributed by atoms with E-state index in [1.54, 1.807) is 0 Å². The Balaban J connectivity index is 1.98. The number of aromatic nitrogens is 1. The average molecular weight is 387 g/mol. The number of carbonyl (C=O) groups excluding carboxylic acids is 1. The van der Waals surface area contributed by atoms with Gasteiger partial charge in [0, 0.05) is 24.8 Å². The Labute approximate surface area is 158 Å². The van der Waals surface area contributed by atoms with Crippen molar-refractivity contribution in [2.24, 2.45) is 5.92 Å². The molecule has 0 saturated carbocycles. The van der Waals surface area contributed by atoms with Gasteiger partial charge in [0.05, 0.1) is 0 Å². The highest BCUT2D eigenvalue weighted by Gasteiger charge is 2.32. The maximum absolute atomic E-state index is 12.5. The van der Waals surface area contributed by atoms with Crippen LogP contribution < -0.4 is 10.1 Å². The van der Waals surface area contributed by atoms with Crippen LogP contribution in [0.1, 0.15) is 50.4 Å². The van der Waals surface area contributed by atoms with Gasteiger partial charge in [0.1, 0.15) is 5.56 Å². The van der Waals surface area contributed by atoms with Crippen molar-refractivity contribution in [1.29, 1.82) is 0 Å². The first-order chi connectivity index (χ1) is 12.6. The summed E-state index contributed by atoms with van der Waals surface area (Å²) in [5.41, 5.74) is -0.249. The highest BCUT2D eigenvalue weighted by atomic mass is 19.4. The second-order valence-electron chi connectivity index (χ2n) is 7.62. The van der Waals surface area contributed by atoms with Crippen molar-refractivity contribution in [3.63, 3.8) is 0 Å². The molecule has 2 heterocycles. The molecule has 1 fully saturated rings. The minimum atomic E-state index is -4.49. The lowest BCUT2D eigenvalue weighted by Gasteiger charge is -2.43. The highest BCUT2D eigenvalue weighted by Crippen LogP contribution is 2.26. The van der Waals surface area contributed by atoms with Gasteiger partial charge in [0.2, 0.25) is 5.88 Å². The maximum Gasteiger partial charge on any atom is 0.422 e. The lowest BCUT2D eigenvalue weighted by molar-refractivity contribution is -0.154. The summed E-state index contributed by atoms with van der Waals surface area (Å²) in [6.07, 6.45) is 0.301. The van der Waals surface area contributed by atoms with E-state index in [4.69, 9.17) is 4.74 Å². The number of nitrogens with zero attached hydrogens (tertiary/aromatic N) is 2. The molecule has 1 aromatic rings. The number of amides is 1. The summed E-state index contributed by atoms with van der Waals surface area (Å²) in [7, 11) is 0. The fourth-order valence-electron chi connectivity index (χ4n) is 3.28. The summed E-state index contributed by atoms with van der Waals surface area (Å²) in [6.45, 7) is 7.19. The molecule has 152 valence electrons. The number of hydrogen-bond donors (Lipinski definition) is 1. The second-order valence-corrected chi connectivity index (χ2v) is 7.62. The highest BCUT2D eigenvalue weighted by molar-refractivity contribution is 5.96. The molecule has 0 radical (unpaired) electrons. The van der Waals surface area contributed by atoms with E-state index in [2.05, 4.69) is 36.0 Å². The Hall–Kier alpha value is -1.83. The fourth-order valence-corrected chi connectivity index (χ4v) is 3.28. The first-order valence-corrected chi connectivity index (χ1v) is 9.30. The van der Waals surface area contributed by atoms with Gasteiger partial charge in [-0.05, 0) is 51.3 Å². The Bertz CT molecular complexity index is 635. The lowest BCUT2D eigenvalue weighted by Crippen LogP contribution is -2.54. The first kappa shape index (κ1) is 21.5. The quantitative estimate of drug-likeness (QED) is 0.776. The Morgan fingerprint density at radius 2 is 2.15 bits per heavy atom. The van der Waals surface area contributed by atoms with Crippen molar-refractivity contribution in [3.8, 4) is 5.88 Å². The molecule has 27 heavy (non-hydrogen) atoms. The molecule has 0 spiro atoms. The number of hydrogen-bond acceptors (Lipinski definition) is 4. The summed E-state index contributed by atoms with van der Waals surface area (Å²) in [5.74, 6) is -0.138. The summed E-state index contributed by atoms with van der Waals surface area (Å²) in [6, 6.07) is 2.91. The van der Waals surface area contributed by atoms with Gasteiger partial charge in [-0.25, -0.2) is 4.98 Å². The van der Waals surface area contributed by atoms with Crippen molar-refractivity contribution < 1.29 is 22.7 Å². The van der Waals surface area contributed by atoms with Crippen molar-refractivity contribution in [1.82, 2.24) is 15.2 Å². The molecule has 5 nitrogen and oxygen atoms in total. The topological polar surface area (TPSA) is 54.5 Å². The van der Waals surface area contributed by atoms with Crippen molar-refractivity contribution in [3.05, 3.63) is 23.9 Å². The molecule has 1 amide bonds. The number of halogens is 3. The van der Waals surface area contributed by atoms with Crippen LogP contribution in [-0.2, 0) is 0 Å². The molecule has 1 saturated heterocycles. The van der Waals surface area contributed by atoms with Gasteiger partial charge in [0.15, 0.2) is 6.61 Å². The van der Waals surface area contributed by atoms with Crippen molar-refractivity contribution in [2.45, 2.75) is 51.7 Å². The van der Waals surface area contributed by atoms with E-state index >= 15 is 0 Å². The summed E-state index contributed by atoms with van der Waals surface area (Å²) >= 11 is 0. The zero-order valence-electron chi connectivity index (χ0n) is 16.1. The van der Waals surface area contributed by atoms with Gasteiger partial charge in [-0.2, -0.15) is 13.2 Å². The summed E-state index contributed by atoms with van der Waals surface area (Å²) < 4.78 is 41.9. The Morgan fingerprint density at radius 3 is 2.81 bits per heavy atom. The smallest absolute Gasteiger partial charge is 0.422 e. The van der Waals surface area contributed by atoms with Crippen LogP contribution in [-0.4, -0.2) is 53.7 Å². The van der Waals surface area contributed by atoms with Crippen molar-refractivity contribution >= 4 is 5.91 Å². The number of nitrogens with one attached hydrogen (secondary N) is 1.